The first-order chi connectivity index (χ1) is 8.67. The predicted molar refractivity (Wildman–Crippen MR) is 82.3 cm³/mol. The average molecular weight is 330 g/mol. The Kier molecular flexibility index (Phi) is 6.67. The van der Waals surface area contributed by atoms with Crippen LogP contribution in [-0.4, -0.2) is 24.5 Å². The van der Waals surface area contributed by atoms with Gasteiger partial charge >= 0.3 is 0 Å². The van der Waals surface area contributed by atoms with E-state index < -0.39 is 0 Å². The molecule has 0 amide bonds. The number of nitrogens with zero attached hydrogens (tertiary/aromatic N) is 1. The summed E-state index contributed by atoms with van der Waals surface area (Å²) in [5.74, 6) is 0.825. The quantitative estimate of drug-likeness (QED) is 0.495. The van der Waals surface area contributed by atoms with Crippen LogP contribution in [0, 0.1) is 0 Å². The molecule has 0 aliphatic heterocycles. The molecular weight excluding hydrogens is 314 g/mol. The van der Waals surface area contributed by atoms with Gasteiger partial charge in [-0.05, 0) is 65.8 Å². The number of thiocarbonyl (C=S) groups is 1. The molecule has 6 heteroatoms. The van der Waals surface area contributed by atoms with Crippen molar-refractivity contribution in [2.75, 3.05) is 13.2 Å². The summed E-state index contributed by atoms with van der Waals surface area (Å²) in [6.45, 7) is 5.34. The fourth-order valence-corrected chi connectivity index (χ4v) is 1.94. The Labute approximate surface area is 121 Å². The molecule has 0 spiro atoms. The third-order valence-electron chi connectivity index (χ3n) is 1.97. The lowest BCUT2D eigenvalue weighted by Crippen LogP contribution is -2.31. The van der Waals surface area contributed by atoms with Gasteiger partial charge in [-0.1, -0.05) is 0 Å². The third-order valence-corrected chi connectivity index (χ3v) is 2.83. The Balaban J connectivity index is 2.60. The monoisotopic (exact) mass is 329 g/mol. The van der Waals surface area contributed by atoms with Gasteiger partial charge in [0.1, 0.15) is 5.75 Å². The van der Waals surface area contributed by atoms with E-state index in [2.05, 4.69) is 31.8 Å². The molecule has 0 radical (unpaired) electrons. The lowest BCUT2D eigenvalue weighted by molar-refractivity contribution is 0.338. The van der Waals surface area contributed by atoms with Crippen LogP contribution < -0.4 is 15.5 Å². The fourth-order valence-electron chi connectivity index (χ4n) is 1.24. The van der Waals surface area contributed by atoms with Crippen molar-refractivity contribution in [2.24, 2.45) is 5.10 Å². The maximum Gasteiger partial charge on any atom is 0.186 e. The summed E-state index contributed by atoms with van der Waals surface area (Å²) >= 11 is 8.43. The smallest absolute Gasteiger partial charge is 0.186 e. The zero-order valence-electron chi connectivity index (χ0n) is 10.4. The van der Waals surface area contributed by atoms with Gasteiger partial charge in [-0.3, -0.25) is 5.43 Å². The van der Waals surface area contributed by atoms with E-state index in [9.17, 15) is 0 Å². The molecule has 0 bridgehead atoms. The average Bonchev–Trinajstić information content (AvgIpc) is 2.33. The first kappa shape index (κ1) is 14.9. The molecule has 0 saturated carbocycles. The van der Waals surface area contributed by atoms with Crippen molar-refractivity contribution < 1.29 is 4.74 Å². The zero-order valence-corrected chi connectivity index (χ0v) is 12.8. The highest BCUT2D eigenvalue weighted by Crippen LogP contribution is 2.25. The predicted octanol–water partition coefficient (Wildman–Crippen LogP) is 2.67. The molecule has 1 rings (SSSR count). The Morgan fingerprint density at radius 1 is 1.50 bits per heavy atom. The number of benzene rings is 1. The standard InChI is InChI=1S/C12H16BrN3OS/c1-3-14-12(18)16-15-8-9-5-6-11(17-4-2)10(13)7-9/h5-8H,3-4H2,1-2H3,(H2,14,16,18). The van der Waals surface area contributed by atoms with Crippen molar-refractivity contribution in [1.82, 2.24) is 10.7 Å². The lowest BCUT2D eigenvalue weighted by Gasteiger charge is -2.06. The van der Waals surface area contributed by atoms with Crippen molar-refractivity contribution in [1.29, 1.82) is 0 Å². The van der Waals surface area contributed by atoms with Crippen LogP contribution in [0.25, 0.3) is 0 Å². The summed E-state index contributed by atoms with van der Waals surface area (Å²) in [5, 5.41) is 7.50. The maximum absolute atomic E-state index is 5.43. The minimum absolute atomic E-state index is 0.513. The molecule has 0 saturated heterocycles. The molecule has 4 nitrogen and oxygen atoms in total. The summed E-state index contributed by atoms with van der Waals surface area (Å²) < 4.78 is 6.33. The first-order valence-electron chi connectivity index (χ1n) is 5.66. The molecule has 0 aromatic heterocycles. The molecule has 0 atom stereocenters. The van der Waals surface area contributed by atoms with E-state index in [0.29, 0.717) is 11.7 Å². The number of halogens is 1. The zero-order chi connectivity index (χ0) is 13.4. The van der Waals surface area contributed by atoms with E-state index in [0.717, 1.165) is 22.3 Å². The number of ether oxygens (including phenoxy) is 1. The van der Waals surface area contributed by atoms with E-state index in [-0.39, 0.29) is 0 Å². The summed E-state index contributed by atoms with van der Waals surface area (Å²) in [6, 6.07) is 5.77. The Morgan fingerprint density at radius 3 is 2.89 bits per heavy atom. The van der Waals surface area contributed by atoms with E-state index in [4.69, 9.17) is 17.0 Å². The van der Waals surface area contributed by atoms with Crippen molar-refractivity contribution in [3.63, 3.8) is 0 Å². The van der Waals surface area contributed by atoms with Gasteiger partial charge in [-0.15, -0.1) is 0 Å². The van der Waals surface area contributed by atoms with Crippen LogP contribution in [0.3, 0.4) is 0 Å². The summed E-state index contributed by atoms with van der Waals surface area (Å²) in [7, 11) is 0. The first-order valence-corrected chi connectivity index (χ1v) is 6.86. The molecule has 1 aromatic rings. The van der Waals surface area contributed by atoms with Crippen molar-refractivity contribution >= 4 is 39.5 Å². The molecule has 1 aromatic carbocycles. The highest BCUT2D eigenvalue weighted by molar-refractivity contribution is 9.10. The number of hydrogen-bond acceptors (Lipinski definition) is 3. The van der Waals surface area contributed by atoms with Gasteiger partial charge in [0.25, 0.3) is 0 Å². The molecular formula is C12H16BrN3OS. The second-order valence-electron chi connectivity index (χ2n) is 3.35. The molecule has 98 valence electrons. The summed E-state index contributed by atoms with van der Waals surface area (Å²) in [4.78, 5) is 0. The number of nitrogens with one attached hydrogen (secondary N) is 2. The summed E-state index contributed by atoms with van der Waals surface area (Å²) in [6.07, 6.45) is 1.70. The van der Waals surface area contributed by atoms with E-state index in [1.165, 1.54) is 0 Å². The van der Waals surface area contributed by atoms with Crippen LogP contribution in [0.1, 0.15) is 19.4 Å². The second kappa shape index (κ2) is 8.05. The normalized spacial score (nSPS) is 10.4. The minimum Gasteiger partial charge on any atom is -0.493 e. The van der Waals surface area contributed by atoms with Crippen LogP contribution in [0.15, 0.2) is 27.8 Å². The van der Waals surface area contributed by atoms with Gasteiger partial charge in [0.2, 0.25) is 0 Å². The topological polar surface area (TPSA) is 45.7 Å². The van der Waals surface area contributed by atoms with E-state index >= 15 is 0 Å². The van der Waals surface area contributed by atoms with Crippen LogP contribution in [0.2, 0.25) is 0 Å². The lowest BCUT2D eigenvalue weighted by atomic mass is 10.2. The largest absolute Gasteiger partial charge is 0.493 e. The van der Waals surface area contributed by atoms with Gasteiger partial charge in [0.05, 0.1) is 17.3 Å². The van der Waals surface area contributed by atoms with Gasteiger partial charge in [-0.25, -0.2) is 0 Å². The SMILES string of the molecule is CCNC(=S)NN=Cc1ccc(OCC)c(Br)c1. The molecule has 0 aliphatic carbocycles. The van der Waals surface area contributed by atoms with Crippen molar-refractivity contribution in [2.45, 2.75) is 13.8 Å². The number of hydrazone groups is 1. The Morgan fingerprint density at radius 2 is 2.28 bits per heavy atom. The van der Waals surface area contributed by atoms with Crippen molar-refractivity contribution in [3.05, 3.63) is 28.2 Å². The number of hydrogen-bond donors (Lipinski definition) is 2. The highest BCUT2D eigenvalue weighted by Gasteiger charge is 2.00. The van der Waals surface area contributed by atoms with Gasteiger partial charge in [0.15, 0.2) is 5.11 Å². The highest BCUT2D eigenvalue weighted by atomic mass is 79.9. The van der Waals surface area contributed by atoms with Crippen molar-refractivity contribution in [3.8, 4) is 5.75 Å². The summed E-state index contributed by atoms with van der Waals surface area (Å²) in [5.41, 5.74) is 3.69. The fraction of sp³-hybridized carbons (Fsp3) is 0.333. The minimum atomic E-state index is 0.513. The molecule has 0 aliphatic rings. The van der Waals surface area contributed by atoms with Crippen LogP contribution in [0.4, 0.5) is 0 Å². The van der Waals surface area contributed by atoms with Crippen LogP contribution in [-0.2, 0) is 0 Å². The van der Waals surface area contributed by atoms with Crippen LogP contribution >= 0.6 is 28.1 Å². The molecule has 2 N–H and O–H groups in total. The Hall–Kier alpha value is -1.14. The molecule has 0 fully saturated rings. The molecule has 0 unspecified atom stereocenters. The van der Waals surface area contributed by atoms with Gasteiger partial charge < -0.3 is 10.1 Å². The van der Waals surface area contributed by atoms with E-state index in [1.807, 2.05) is 32.0 Å². The second-order valence-corrected chi connectivity index (χ2v) is 4.61. The van der Waals surface area contributed by atoms with Crippen LogP contribution in [0.5, 0.6) is 5.75 Å². The molecule has 18 heavy (non-hydrogen) atoms. The van der Waals surface area contributed by atoms with Gasteiger partial charge in [0, 0.05) is 6.54 Å². The van der Waals surface area contributed by atoms with E-state index in [1.54, 1.807) is 6.21 Å². The maximum atomic E-state index is 5.43. The molecule has 0 heterocycles. The van der Waals surface area contributed by atoms with Gasteiger partial charge in [-0.2, -0.15) is 5.10 Å². The third kappa shape index (κ3) is 5.01. The number of rotatable bonds is 5. The Bertz CT molecular complexity index is 437.